The molecular weight excluding hydrogens is 389 g/mol. The van der Waals surface area contributed by atoms with Gasteiger partial charge in [-0.1, -0.05) is 23.2 Å². The van der Waals surface area contributed by atoms with E-state index in [1.54, 1.807) is 38.1 Å². The first-order valence-corrected chi connectivity index (χ1v) is 9.17. The van der Waals surface area contributed by atoms with Gasteiger partial charge in [0.25, 0.3) is 11.8 Å². The molecule has 27 heavy (non-hydrogen) atoms. The van der Waals surface area contributed by atoms with Crippen LogP contribution in [-0.2, 0) is 0 Å². The Morgan fingerprint density at radius 2 is 1.19 bits per heavy atom. The van der Waals surface area contributed by atoms with Crippen molar-refractivity contribution in [1.82, 2.24) is 25.9 Å². The van der Waals surface area contributed by atoms with Crippen LogP contribution in [-0.4, -0.2) is 48.0 Å². The molecule has 3 N–H and O–H groups in total. The number of pyridine rings is 2. The standard InChI is InChI=1S/C18H21Cl2N5O2/c1-11-3-5-13(15(19)24-11)17(26)22-9-7-21-8-10-23-18(27)14-6-4-12(2)25-16(14)20/h3-6,21H,7-10H2,1-2H3,(H,22,26)(H,23,27). The number of nitrogens with zero attached hydrogens (tertiary/aromatic N) is 2. The molecule has 0 spiro atoms. The van der Waals surface area contributed by atoms with Crippen LogP contribution >= 0.6 is 23.2 Å². The molecule has 0 saturated heterocycles. The minimum absolute atomic E-state index is 0.187. The van der Waals surface area contributed by atoms with Gasteiger partial charge in [0.15, 0.2) is 0 Å². The zero-order chi connectivity index (χ0) is 19.8. The van der Waals surface area contributed by atoms with Gasteiger partial charge in [0.05, 0.1) is 11.1 Å². The molecule has 7 nitrogen and oxygen atoms in total. The Kier molecular flexibility index (Phi) is 7.97. The van der Waals surface area contributed by atoms with Crippen molar-refractivity contribution < 1.29 is 9.59 Å². The van der Waals surface area contributed by atoms with E-state index in [0.29, 0.717) is 37.3 Å². The van der Waals surface area contributed by atoms with Crippen LogP contribution in [0.5, 0.6) is 0 Å². The van der Waals surface area contributed by atoms with Crippen molar-refractivity contribution in [2.45, 2.75) is 13.8 Å². The van der Waals surface area contributed by atoms with Crippen molar-refractivity contribution in [3.63, 3.8) is 0 Å². The highest BCUT2D eigenvalue weighted by atomic mass is 35.5. The first-order valence-electron chi connectivity index (χ1n) is 8.42. The number of amides is 2. The third kappa shape index (κ3) is 6.46. The van der Waals surface area contributed by atoms with Crippen LogP contribution in [0, 0.1) is 13.8 Å². The zero-order valence-corrected chi connectivity index (χ0v) is 16.6. The van der Waals surface area contributed by atoms with E-state index in [9.17, 15) is 9.59 Å². The molecule has 0 unspecified atom stereocenters. The van der Waals surface area contributed by atoms with E-state index >= 15 is 0 Å². The largest absolute Gasteiger partial charge is 0.351 e. The second-order valence-electron chi connectivity index (χ2n) is 5.84. The lowest BCUT2D eigenvalue weighted by Gasteiger charge is -2.09. The smallest absolute Gasteiger partial charge is 0.254 e. The maximum absolute atomic E-state index is 12.0. The van der Waals surface area contributed by atoms with Crippen molar-refractivity contribution in [3.05, 3.63) is 57.1 Å². The van der Waals surface area contributed by atoms with E-state index in [1.165, 1.54) is 0 Å². The summed E-state index contributed by atoms with van der Waals surface area (Å²) in [7, 11) is 0. The molecule has 0 bridgehead atoms. The number of nitrogens with one attached hydrogen (secondary N) is 3. The quantitative estimate of drug-likeness (QED) is 0.458. The van der Waals surface area contributed by atoms with Crippen LogP contribution in [0.3, 0.4) is 0 Å². The molecule has 2 rings (SSSR count). The molecule has 0 radical (unpaired) electrons. The van der Waals surface area contributed by atoms with E-state index in [4.69, 9.17) is 23.2 Å². The Morgan fingerprint density at radius 1 is 0.778 bits per heavy atom. The predicted octanol–water partition coefficient (Wildman–Crippen LogP) is 2.15. The summed E-state index contributed by atoms with van der Waals surface area (Å²) in [5.41, 5.74) is 2.20. The van der Waals surface area contributed by atoms with Crippen LogP contribution in [0.2, 0.25) is 10.3 Å². The number of rotatable bonds is 8. The van der Waals surface area contributed by atoms with Crippen molar-refractivity contribution in [1.29, 1.82) is 0 Å². The molecular formula is C18H21Cl2N5O2. The van der Waals surface area contributed by atoms with Crippen molar-refractivity contribution in [3.8, 4) is 0 Å². The molecule has 2 aromatic heterocycles. The highest BCUT2D eigenvalue weighted by Gasteiger charge is 2.11. The minimum Gasteiger partial charge on any atom is -0.351 e. The number of hydrogen-bond donors (Lipinski definition) is 3. The summed E-state index contributed by atoms with van der Waals surface area (Å²) in [6, 6.07) is 6.76. The molecule has 144 valence electrons. The summed E-state index contributed by atoms with van der Waals surface area (Å²) in [6.07, 6.45) is 0. The molecule has 0 aliphatic carbocycles. The van der Waals surface area contributed by atoms with Gasteiger partial charge in [-0.05, 0) is 38.1 Å². The van der Waals surface area contributed by atoms with E-state index < -0.39 is 0 Å². The molecule has 2 heterocycles. The van der Waals surface area contributed by atoms with Gasteiger partial charge in [0.2, 0.25) is 0 Å². The fourth-order valence-corrected chi connectivity index (χ4v) is 2.80. The molecule has 0 aliphatic heterocycles. The van der Waals surface area contributed by atoms with Gasteiger partial charge in [-0.15, -0.1) is 0 Å². The average molecular weight is 410 g/mol. The van der Waals surface area contributed by atoms with Crippen LogP contribution in [0.15, 0.2) is 24.3 Å². The maximum atomic E-state index is 12.0. The Hall–Kier alpha value is -2.22. The number of aromatic nitrogens is 2. The lowest BCUT2D eigenvalue weighted by molar-refractivity contribution is 0.0948. The summed E-state index contributed by atoms with van der Waals surface area (Å²) in [5.74, 6) is -0.548. The summed E-state index contributed by atoms with van der Waals surface area (Å²) in [4.78, 5) is 32.2. The summed E-state index contributed by atoms with van der Waals surface area (Å²) >= 11 is 11.9. The van der Waals surface area contributed by atoms with Crippen LogP contribution in [0.25, 0.3) is 0 Å². The summed E-state index contributed by atoms with van der Waals surface area (Å²) < 4.78 is 0. The van der Waals surface area contributed by atoms with Crippen molar-refractivity contribution in [2.75, 3.05) is 26.2 Å². The second kappa shape index (κ2) is 10.2. The highest BCUT2D eigenvalue weighted by molar-refractivity contribution is 6.33. The Labute approximate surface area is 167 Å². The van der Waals surface area contributed by atoms with E-state index in [1.807, 2.05) is 0 Å². The van der Waals surface area contributed by atoms with Gasteiger partial charge in [0, 0.05) is 37.6 Å². The zero-order valence-electron chi connectivity index (χ0n) is 15.1. The molecule has 0 atom stereocenters. The molecule has 9 heteroatoms. The SMILES string of the molecule is Cc1ccc(C(=O)NCCNCCNC(=O)c2ccc(C)nc2Cl)c(Cl)n1. The monoisotopic (exact) mass is 409 g/mol. The Bertz CT molecular complexity index is 762. The number of carbonyl (C=O) groups excluding carboxylic acids is 2. The molecule has 0 aliphatic rings. The van der Waals surface area contributed by atoms with Gasteiger partial charge in [-0.3, -0.25) is 9.59 Å². The van der Waals surface area contributed by atoms with E-state index in [-0.39, 0.29) is 22.1 Å². The van der Waals surface area contributed by atoms with E-state index in [0.717, 1.165) is 11.4 Å². The average Bonchev–Trinajstić information content (AvgIpc) is 2.60. The van der Waals surface area contributed by atoms with Crippen LogP contribution in [0.4, 0.5) is 0 Å². The topological polar surface area (TPSA) is 96.0 Å². The van der Waals surface area contributed by atoms with Gasteiger partial charge >= 0.3 is 0 Å². The number of aryl methyl sites for hydroxylation is 2. The second-order valence-corrected chi connectivity index (χ2v) is 6.56. The molecule has 2 amide bonds. The molecule has 0 aromatic carbocycles. The summed E-state index contributed by atoms with van der Waals surface area (Å²) in [6.45, 7) is 5.55. The van der Waals surface area contributed by atoms with Crippen molar-refractivity contribution in [2.24, 2.45) is 0 Å². The normalized spacial score (nSPS) is 10.5. The fourth-order valence-electron chi connectivity index (χ4n) is 2.23. The molecule has 0 fully saturated rings. The fraction of sp³-hybridized carbons (Fsp3) is 0.333. The first-order chi connectivity index (χ1) is 12.9. The molecule has 0 saturated carbocycles. The van der Waals surface area contributed by atoms with Crippen LogP contribution in [0.1, 0.15) is 32.1 Å². The van der Waals surface area contributed by atoms with Crippen molar-refractivity contribution >= 4 is 35.0 Å². The third-order valence-electron chi connectivity index (χ3n) is 3.64. The van der Waals surface area contributed by atoms with Gasteiger partial charge in [-0.2, -0.15) is 0 Å². The minimum atomic E-state index is -0.274. The lowest BCUT2D eigenvalue weighted by Crippen LogP contribution is -2.36. The predicted molar refractivity (Wildman–Crippen MR) is 106 cm³/mol. The maximum Gasteiger partial charge on any atom is 0.254 e. The number of halogens is 2. The Balaban J connectivity index is 1.63. The van der Waals surface area contributed by atoms with Crippen LogP contribution < -0.4 is 16.0 Å². The number of hydrogen-bond acceptors (Lipinski definition) is 5. The first kappa shape index (κ1) is 21.1. The number of carbonyl (C=O) groups is 2. The summed E-state index contributed by atoms with van der Waals surface area (Å²) in [5, 5.41) is 9.01. The third-order valence-corrected chi connectivity index (χ3v) is 4.22. The van der Waals surface area contributed by atoms with Gasteiger partial charge in [0.1, 0.15) is 10.3 Å². The molecule has 2 aromatic rings. The van der Waals surface area contributed by atoms with Gasteiger partial charge in [-0.25, -0.2) is 9.97 Å². The Morgan fingerprint density at radius 3 is 1.56 bits per heavy atom. The highest BCUT2D eigenvalue weighted by Crippen LogP contribution is 2.13. The van der Waals surface area contributed by atoms with E-state index in [2.05, 4.69) is 25.9 Å². The van der Waals surface area contributed by atoms with Gasteiger partial charge < -0.3 is 16.0 Å². The lowest BCUT2D eigenvalue weighted by atomic mass is 10.2.